The summed E-state index contributed by atoms with van der Waals surface area (Å²) < 4.78 is 5.84. The first-order chi connectivity index (χ1) is 17.9. The summed E-state index contributed by atoms with van der Waals surface area (Å²) in [6.45, 7) is 8.10. The number of methoxy groups -OCH3 is 1. The van der Waals surface area contributed by atoms with Gasteiger partial charge < -0.3 is 20.3 Å². The summed E-state index contributed by atoms with van der Waals surface area (Å²) in [6, 6.07) is 19.6. The lowest BCUT2D eigenvalue weighted by Crippen LogP contribution is -2.28. The van der Waals surface area contributed by atoms with E-state index < -0.39 is 5.91 Å². The van der Waals surface area contributed by atoms with Crippen LogP contribution in [0.1, 0.15) is 40.1 Å². The SMILES string of the molecule is CCN(CC)CCNc1ccc(C(=O)Nc2ccc(Br)cc2C(=O)N/N=C/c2ccc(OC)cc2)cc1. The Bertz CT molecular complexity index is 1210. The summed E-state index contributed by atoms with van der Waals surface area (Å²) in [5.74, 6) is -0.0289. The van der Waals surface area contributed by atoms with E-state index in [1.165, 1.54) is 6.21 Å². The van der Waals surface area contributed by atoms with Crippen molar-refractivity contribution in [2.75, 3.05) is 43.9 Å². The molecule has 0 aromatic heterocycles. The fourth-order valence-corrected chi connectivity index (χ4v) is 3.92. The third-order valence-corrected chi connectivity index (χ3v) is 6.26. The van der Waals surface area contributed by atoms with Crippen molar-refractivity contribution in [1.29, 1.82) is 0 Å². The van der Waals surface area contributed by atoms with Gasteiger partial charge in [-0.2, -0.15) is 5.10 Å². The molecule has 0 radical (unpaired) electrons. The number of hydrazone groups is 1. The Labute approximate surface area is 226 Å². The Morgan fingerprint density at radius 3 is 2.32 bits per heavy atom. The van der Waals surface area contributed by atoms with Gasteiger partial charge in [-0.15, -0.1) is 0 Å². The van der Waals surface area contributed by atoms with Gasteiger partial charge in [-0.3, -0.25) is 9.59 Å². The van der Waals surface area contributed by atoms with E-state index in [1.54, 1.807) is 49.6 Å². The van der Waals surface area contributed by atoms with Crippen molar-refractivity contribution >= 4 is 45.3 Å². The number of rotatable bonds is 12. The van der Waals surface area contributed by atoms with E-state index in [1.807, 2.05) is 24.3 Å². The predicted molar refractivity (Wildman–Crippen MR) is 153 cm³/mol. The molecule has 0 spiro atoms. The van der Waals surface area contributed by atoms with Crippen LogP contribution in [0, 0.1) is 0 Å². The number of ether oxygens (including phenoxy) is 1. The van der Waals surface area contributed by atoms with Crippen LogP contribution in [0.25, 0.3) is 0 Å². The number of nitrogens with zero attached hydrogens (tertiary/aromatic N) is 2. The van der Waals surface area contributed by atoms with Crippen molar-refractivity contribution < 1.29 is 14.3 Å². The largest absolute Gasteiger partial charge is 0.497 e. The maximum atomic E-state index is 12.9. The highest BCUT2D eigenvalue weighted by Gasteiger charge is 2.15. The number of halogens is 1. The van der Waals surface area contributed by atoms with Crippen LogP contribution in [0.4, 0.5) is 11.4 Å². The number of hydrogen-bond donors (Lipinski definition) is 3. The smallest absolute Gasteiger partial charge is 0.273 e. The van der Waals surface area contributed by atoms with Crippen LogP contribution < -0.4 is 20.8 Å². The minimum Gasteiger partial charge on any atom is -0.497 e. The third-order valence-electron chi connectivity index (χ3n) is 5.77. The molecule has 0 aliphatic carbocycles. The van der Waals surface area contributed by atoms with Gasteiger partial charge in [-0.1, -0.05) is 29.8 Å². The van der Waals surface area contributed by atoms with E-state index in [4.69, 9.17) is 4.74 Å². The van der Waals surface area contributed by atoms with Gasteiger partial charge in [0, 0.05) is 28.8 Å². The predicted octanol–water partition coefficient (Wildman–Crippen LogP) is 5.23. The number of hydrogen-bond acceptors (Lipinski definition) is 6. The fourth-order valence-electron chi connectivity index (χ4n) is 3.56. The molecule has 0 aliphatic heterocycles. The molecule has 3 rings (SSSR count). The third kappa shape index (κ3) is 8.44. The van der Waals surface area contributed by atoms with Gasteiger partial charge >= 0.3 is 0 Å². The molecule has 0 saturated carbocycles. The van der Waals surface area contributed by atoms with Crippen LogP contribution in [0.5, 0.6) is 5.75 Å². The number of carbonyl (C=O) groups is 2. The van der Waals surface area contributed by atoms with Gasteiger partial charge in [0.1, 0.15) is 5.75 Å². The highest BCUT2D eigenvalue weighted by molar-refractivity contribution is 9.10. The monoisotopic (exact) mass is 565 g/mol. The summed E-state index contributed by atoms with van der Waals surface area (Å²) in [4.78, 5) is 28.1. The molecular formula is C28H32BrN5O3. The van der Waals surface area contributed by atoms with Crippen LogP contribution >= 0.6 is 15.9 Å². The average molecular weight is 567 g/mol. The Kier molecular flexibility index (Phi) is 10.7. The summed E-state index contributed by atoms with van der Waals surface area (Å²) in [6.07, 6.45) is 1.53. The summed E-state index contributed by atoms with van der Waals surface area (Å²) >= 11 is 3.39. The van der Waals surface area contributed by atoms with E-state index >= 15 is 0 Å². The van der Waals surface area contributed by atoms with Crippen molar-refractivity contribution in [2.24, 2.45) is 5.10 Å². The van der Waals surface area contributed by atoms with Gasteiger partial charge in [0.05, 0.1) is 24.6 Å². The van der Waals surface area contributed by atoms with Gasteiger partial charge in [0.25, 0.3) is 11.8 Å². The molecular weight excluding hydrogens is 534 g/mol. The van der Waals surface area contributed by atoms with Crippen LogP contribution in [-0.2, 0) is 0 Å². The summed E-state index contributed by atoms with van der Waals surface area (Å²) in [5, 5.41) is 10.2. The molecule has 0 unspecified atom stereocenters. The molecule has 37 heavy (non-hydrogen) atoms. The molecule has 0 saturated heterocycles. The number of carbonyl (C=O) groups excluding carboxylic acids is 2. The zero-order chi connectivity index (χ0) is 26.6. The van der Waals surface area contributed by atoms with Crippen molar-refractivity contribution in [3.8, 4) is 5.75 Å². The van der Waals surface area contributed by atoms with Crippen LogP contribution in [0.3, 0.4) is 0 Å². The Morgan fingerprint density at radius 2 is 1.68 bits per heavy atom. The maximum absolute atomic E-state index is 12.9. The standard InChI is InChI=1S/C28H32BrN5O3/c1-4-34(5-2)17-16-30-23-11-8-21(9-12-23)27(35)32-26-15-10-22(29)18-25(26)28(36)33-31-19-20-6-13-24(37-3)14-7-20/h6-15,18-19,30H,4-5,16-17H2,1-3H3,(H,32,35)(H,33,36)/b31-19+. The Hall–Kier alpha value is -3.69. The first kappa shape index (κ1) is 27.9. The topological polar surface area (TPSA) is 95.1 Å². The highest BCUT2D eigenvalue weighted by atomic mass is 79.9. The number of benzene rings is 3. The van der Waals surface area contributed by atoms with E-state index in [-0.39, 0.29) is 11.5 Å². The average Bonchev–Trinajstić information content (AvgIpc) is 2.92. The molecule has 0 fully saturated rings. The quantitative estimate of drug-likeness (QED) is 0.206. The lowest BCUT2D eigenvalue weighted by Gasteiger charge is -2.18. The van der Waals surface area contributed by atoms with Gasteiger partial charge in [0.15, 0.2) is 0 Å². The molecule has 0 bridgehead atoms. The molecule has 9 heteroatoms. The zero-order valence-electron chi connectivity index (χ0n) is 21.3. The lowest BCUT2D eigenvalue weighted by atomic mass is 10.1. The van der Waals surface area contributed by atoms with Crippen molar-refractivity contribution in [3.05, 3.63) is 87.9 Å². The zero-order valence-corrected chi connectivity index (χ0v) is 22.8. The van der Waals surface area contributed by atoms with Crippen LogP contribution in [0.2, 0.25) is 0 Å². The van der Waals surface area contributed by atoms with Crippen molar-refractivity contribution in [3.63, 3.8) is 0 Å². The second kappa shape index (κ2) is 14.2. The molecule has 0 aliphatic rings. The Morgan fingerprint density at radius 1 is 0.973 bits per heavy atom. The molecule has 8 nitrogen and oxygen atoms in total. The molecule has 2 amide bonds. The first-order valence-corrected chi connectivity index (χ1v) is 12.9. The Balaban J connectivity index is 1.62. The van der Waals surface area contributed by atoms with Crippen molar-refractivity contribution in [2.45, 2.75) is 13.8 Å². The van der Waals surface area contributed by atoms with E-state index in [9.17, 15) is 9.59 Å². The van der Waals surface area contributed by atoms with Gasteiger partial charge in [0.2, 0.25) is 0 Å². The van der Waals surface area contributed by atoms with Gasteiger partial charge in [-0.25, -0.2) is 5.43 Å². The highest BCUT2D eigenvalue weighted by Crippen LogP contribution is 2.22. The number of amides is 2. The molecule has 3 N–H and O–H groups in total. The minimum absolute atomic E-state index is 0.282. The molecule has 0 heterocycles. The maximum Gasteiger partial charge on any atom is 0.273 e. The number of likely N-dealkylation sites (N-methyl/N-ethyl adjacent to an activating group) is 1. The second-order valence-electron chi connectivity index (χ2n) is 8.15. The molecule has 3 aromatic rings. The second-order valence-corrected chi connectivity index (χ2v) is 9.06. The molecule has 194 valence electrons. The van der Waals surface area contributed by atoms with Crippen LogP contribution in [-0.4, -0.2) is 56.2 Å². The van der Waals surface area contributed by atoms with E-state index in [0.29, 0.717) is 15.7 Å². The van der Waals surface area contributed by atoms with Crippen LogP contribution in [0.15, 0.2) is 76.3 Å². The lowest BCUT2D eigenvalue weighted by molar-refractivity contribution is 0.0956. The molecule has 0 atom stereocenters. The van der Waals surface area contributed by atoms with E-state index in [0.717, 1.165) is 43.2 Å². The minimum atomic E-state index is -0.450. The summed E-state index contributed by atoms with van der Waals surface area (Å²) in [7, 11) is 1.60. The molecule has 3 aromatic carbocycles. The fraction of sp³-hybridized carbons (Fsp3) is 0.250. The normalized spacial score (nSPS) is 10.9. The summed E-state index contributed by atoms with van der Waals surface area (Å²) in [5.41, 5.74) is 5.41. The number of anilines is 2. The first-order valence-electron chi connectivity index (χ1n) is 12.1. The van der Waals surface area contributed by atoms with E-state index in [2.05, 4.69) is 55.8 Å². The van der Waals surface area contributed by atoms with Crippen molar-refractivity contribution in [1.82, 2.24) is 10.3 Å². The number of nitrogens with one attached hydrogen (secondary N) is 3. The van der Waals surface area contributed by atoms with Gasteiger partial charge in [-0.05, 0) is 85.4 Å².